The second-order valence-electron chi connectivity index (χ2n) is 2.96. The summed E-state index contributed by atoms with van der Waals surface area (Å²) in [6, 6.07) is 8.38. The van der Waals surface area contributed by atoms with E-state index >= 15 is 0 Å². The lowest BCUT2D eigenvalue weighted by atomic mass is 10.1. The molecule has 0 saturated heterocycles. The number of benzene rings is 1. The topological polar surface area (TPSA) is 105 Å². The Hall–Kier alpha value is -2.37. The molecule has 0 spiro atoms. The van der Waals surface area contributed by atoms with Crippen molar-refractivity contribution in [2.24, 2.45) is 5.73 Å². The number of nitrogens with one attached hydrogen (secondary N) is 2. The maximum absolute atomic E-state index is 11.5. The van der Waals surface area contributed by atoms with Crippen LogP contribution >= 0.6 is 0 Å². The van der Waals surface area contributed by atoms with Gasteiger partial charge in [0.1, 0.15) is 6.42 Å². The fourth-order valence-electron chi connectivity index (χ4n) is 1.01. The van der Waals surface area contributed by atoms with E-state index < -0.39 is 18.3 Å². The largest absolute Gasteiger partial charge is 0.368 e. The summed E-state index contributed by atoms with van der Waals surface area (Å²) in [5.41, 5.74) is 7.19. The SMILES string of the molecule is N=C(N)NOC(=O)CC(=O)c1ccccc1. The highest BCUT2D eigenvalue weighted by Gasteiger charge is 2.12. The summed E-state index contributed by atoms with van der Waals surface area (Å²) in [5.74, 6) is -1.64. The number of guanidine groups is 1. The maximum Gasteiger partial charge on any atom is 0.339 e. The zero-order chi connectivity index (χ0) is 12.0. The van der Waals surface area contributed by atoms with Gasteiger partial charge in [0, 0.05) is 5.56 Å². The summed E-state index contributed by atoms with van der Waals surface area (Å²) in [6.07, 6.45) is -0.399. The predicted octanol–water partition coefficient (Wildman–Crippen LogP) is 0.201. The average molecular weight is 221 g/mol. The molecule has 0 fully saturated rings. The molecule has 0 aliphatic heterocycles. The molecule has 0 unspecified atom stereocenters. The summed E-state index contributed by atoms with van der Waals surface area (Å²) in [6.45, 7) is 0. The number of Topliss-reactive ketones (excluding diaryl/α,β-unsaturated/α-hetero) is 1. The summed E-state index contributed by atoms with van der Waals surface area (Å²) in [5, 5.41) is 6.74. The van der Waals surface area contributed by atoms with Gasteiger partial charge in [-0.1, -0.05) is 30.3 Å². The molecule has 1 rings (SSSR count). The Kier molecular flexibility index (Phi) is 4.02. The van der Waals surface area contributed by atoms with E-state index in [-0.39, 0.29) is 5.78 Å². The third-order valence-electron chi connectivity index (χ3n) is 1.68. The maximum atomic E-state index is 11.5. The van der Waals surface area contributed by atoms with Gasteiger partial charge in [-0.2, -0.15) is 5.48 Å². The smallest absolute Gasteiger partial charge is 0.339 e. The van der Waals surface area contributed by atoms with Crippen LogP contribution in [0, 0.1) is 5.41 Å². The summed E-state index contributed by atoms with van der Waals surface area (Å²) in [4.78, 5) is 26.9. The highest BCUT2D eigenvalue weighted by Crippen LogP contribution is 2.03. The molecule has 0 radical (unpaired) electrons. The molecule has 1 aromatic rings. The highest BCUT2D eigenvalue weighted by molar-refractivity contribution is 6.05. The fraction of sp³-hybridized carbons (Fsp3) is 0.100. The number of hydroxylamine groups is 1. The number of nitrogens with two attached hydrogens (primary N) is 1. The Morgan fingerprint density at radius 1 is 1.31 bits per heavy atom. The lowest BCUT2D eigenvalue weighted by Gasteiger charge is -2.03. The monoisotopic (exact) mass is 221 g/mol. The van der Waals surface area contributed by atoms with Crippen molar-refractivity contribution in [3.8, 4) is 0 Å². The fourth-order valence-corrected chi connectivity index (χ4v) is 1.01. The van der Waals surface area contributed by atoms with E-state index in [2.05, 4.69) is 4.84 Å². The Bertz CT molecular complexity index is 403. The standard InChI is InChI=1S/C10H11N3O3/c11-10(12)13-16-9(15)6-8(14)7-4-2-1-3-5-7/h1-5H,6H2,(H4,11,12,13). The quantitative estimate of drug-likeness (QED) is 0.222. The molecular weight excluding hydrogens is 210 g/mol. The minimum Gasteiger partial charge on any atom is -0.368 e. The summed E-state index contributed by atoms with van der Waals surface area (Å²) < 4.78 is 0. The van der Waals surface area contributed by atoms with Crippen LogP contribution in [-0.2, 0) is 9.63 Å². The Balaban J connectivity index is 2.46. The normalized spacial score (nSPS) is 9.25. The molecule has 84 valence electrons. The number of hydrogen-bond donors (Lipinski definition) is 3. The molecule has 4 N–H and O–H groups in total. The average Bonchev–Trinajstić information content (AvgIpc) is 2.27. The molecule has 0 aliphatic rings. The second kappa shape index (κ2) is 5.50. The molecule has 0 heterocycles. The third-order valence-corrected chi connectivity index (χ3v) is 1.68. The molecule has 0 aromatic heterocycles. The van der Waals surface area contributed by atoms with Crippen LogP contribution in [-0.4, -0.2) is 17.7 Å². The third kappa shape index (κ3) is 3.79. The van der Waals surface area contributed by atoms with E-state index in [1.807, 2.05) is 5.48 Å². The van der Waals surface area contributed by atoms with Crippen molar-refractivity contribution in [3.63, 3.8) is 0 Å². The van der Waals surface area contributed by atoms with E-state index in [4.69, 9.17) is 11.1 Å². The first kappa shape index (κ1) is 11.7. The van der Waals surface area contributed by atoms with Crippen molar-refractivity contribution in [2.75, 3.05) is 0 Å². The van der Waals surface area contributed by atoms with Gasteiger partial charge in [0.15, 0.2) is 5.78 Å². The van der Waals surface area contributed by atoms with Crippen molar-refractivity contribution in [1.29, 1.82) is 5.41 Å². The molecule has 0 saturated carbocycles. The van der Waals surface area contributed by atoms with Crippen LogP contribution in [0.5, 0.6) is 0 Å². The van der Waals surface area contributed by atoms with Crippen LogP contribution in [0.2, 0.25) is 0 Å². The van der Waals surface area contributed by atoms with Gasteiger partial charge in [-0.05, 0) is 0 Å². The van der Waals surface area contributed by atoms with E-state index in [1.54, 1.807) is 30.3 Å². The molecule has 6 heteroatoms. The van der Waals surface area contributed by atoms with Gasteiger partial charge < -0.3 is 10.6 Å². The summed E-state index contributed by atoms with van der Waals surface area (Å²) in [7, 11) is 0. The number of hydrogen-bond acceptors (Lipinski definition) is 4. The molecule has 0 atom stereocenters. The number of carbonyl (C=O) groups is 2. The van der Waals surface area contributed by atoms with Gasteiger partial charge in [-0.3, -0.25) is 10.2 Å². The number of ketones is 1. The Morgan fingerprint density at radius 3 is 2.50 bits per heavy atom. The molecule has 1 aromatic carbocycles. The Labute approximate surface area is 91.9 Å². The lowest BCUT2D eigenvalue weighted by molar-refractivity contribution is -0.146. The molecule has 0 aliphatic carbocycles. The van der Waals surface area contributed by atoms with Crippen LogP contribution in [0.1, 0.15) is 16.8 Å². The first-order valence-electron chi connectivity index (χ1n) is 4.47. The minimum atomic E-state index is -0.788. The van der Waals surface area contributed by atoms with Gasteiger partial charge in [0.05, 0.1) is 0 Å². The van der Waals surface area contributed by atoms with Crippen molar-refractivity contribution >= 4 is 17.7 Å². The van der Waals surface area contributed by atoms with Gasteiger partial charge in [0.25, 0.3) is 0 Å². The van der Waals surface area contributed by atoms with Crippen LogP contribution in [0.15, 0.2) is 30.3 Å². The van der Waals surface area contributed by atoms with E-state index in [0.717, 1.165) is 0 Å². The van der Waals surface area contributed by atoms with Gasteiger partial charge >= 0.3 is 5.97 Å². The molecular formula is C10H11N3O3. The first-order chi connectivity index (χ1) is 7.59. The van der Waals surface area contributed by atoms with Crippen molar-refractivity contribution in [3.05, 3.63) is 35.9 Å². The van der Waals surface area contributed by atoms with Gasteiger partial charge in [-0.25, -0.2) is 4.79 Å². The van der Waals surface area contributed by atoms with Crippen molar-refractivity contribution in [1.82, 2.24) is 5.48 Å². The summed E-state index contributed by atoms with van der Waals surface area (Å²) >= 11 is 0. The molecule has 6 nitrogen and oxygen atoms in total. The zero-order valence-corrected chi connectivity index (χ0v) is 8.40. The van der Waals surface area contributed by atoms with Crippen LogP contribution in [0.3, 0.4) is 0 Å². The predicted molar refractivity (Wildman–Crippen MR) is 56.5 cm³/mol. The minimum absolute atomic E-state index is 0.351. The van der Waals surface area contributed by atoms with Gasteiger partial charge in [0.2, 0.25) is 5.96 Å². The van der Waals surface area contributed by atoms with Crippen LogP contribution in [0.4, 0.5) is 0 Å². The molecule has 0 amide bonds. The second-order valence-corrected chi connectivity index (χ2v) is 2.96. The van der Waals surface area contributed by atoms with Crippen molar-refractivity contribution < 1.29 is 14.4 Å². The van der Waals surface area contributed by atoms with Crippen LogP contribution < -0.4 is 11.2 Å². The van der Waals surface area contributed by atoms with Crippen molar-refractivity contribution in [2.45, 2.75) is 6.42 Å². The zero-order valence-electron chi connectivity index (χ0n) is 8.40. The highest BCUT2D eigenvalue weighted by atomic mass is 16.7. The van der Waals surface area contributed by atoms with E-state index in [1.165, 1.54) is 0 Å². The molecule has 0 bridgehead atoms. The number of carbonyl (C=O) groups excluding carboxylic acids is 2. The van der Waals surface area contributed by atoms with E-state index in [9.17, 15) is 9.59 Å². The first-order valence-corrected chi connectivity index (χ1v) is 4.47. The van der Waals surface area contributed by atoms with E-state index in [0.29, 0.717) is 5.56 Å². The molecule has 16 heavy (non-hydrogen) atoms. The Morgan fingerprint density at radius 2 is 1.94 bits per heavy atom. The van der Waals surface area contributed by atoms with Gasteiger partial charge in [-0.15, -0.1) is 0 Å². The lowest BCUT2D eigenvalue weighted by Crippen LogP contribution is -2.33. The van der Waals surface area contributed by atoms with Crippen LogP contribution in [0.25, 0.3) is 0 Å². The number of rotatable bonds is 3.